The molecule has 0 atom stereocenters. The average Bonchev–Trinajstić information content (AvgIpc) is 2.41. The molecule has 0 spiro atoms. The lowest BCUT2D eigenvalue weighted by molar-refractivity contribution is 0.527. The topological polar surface area (TPSA) is 49.4 Å². The molecule has 7 heteroatoms. The first-order valence-corrected chi connectivity index (χ1v) is 7.49. The van der Waals surface area contributed by atoms with Crippen molar-refractivity contribution in [1.82, 2.24) is 4.31 Å². The Kier molecular flexibility index (Phi) is 4.24. The van der Waals surface area contributed by atoms with Gasteiger partial charge in [0.25, 0.3) is 0 Å². The Morgan fingerprint density at radius 2 is 1.52 bits per heavy atom. The molecule has 1 N–H and O–H groups in total. The second kappa shape index (κ2) is 5.79. The van der Waals surface area contributed by atoms with E-state index < -0.39 is 21.8 Å². The summed E-state index contributed by atoms with van der Waals surface area (Å²) in [7, 11) is -0.959. The molecule has 21 heavy (non-hydrogen) atoms. The molecule has 112 valence electrons. The van der Waals surface area contributed by atoms with Gasteiger partial charge >= 0.3 is 10.2 Å². The van der Waals surface area contributed by atoms with E-state index in [4.69, 9.17) is 0 Å². The molecule has 0 radical (unpaired) electrons. The van der Waals surface area contributed by atoms with E-state index >= 15 is 0 Å². The molecule has 0 aromatic heterocycles. The first kappa shape index (κ1) is 15.4. The van der Waals surface area contributed by atoms with E-state index in [0.29, 0.717) is 11.1 Å². The smallest absolute Gasteiger partial charge is 0.270 e. The maximum atomic E-state index is 13.4. The molecule has 0 saturated heterocycles. The van der Waals surface area contributed by atoms with Gasteiger partial charge in [-0.1, -0.05) is 12.1 Å². The molecule has 0 aliphatic heterocycles. The first-order chi connectivity index (χ1) is 9.79. The third kappa shape index (κ3) is 3.56. The Morgan fingerprint density at radius 3 is 2.10 bits per heavy atom. The summed E-state index contributed by atoms with van der Waals surface area (Å²) >= 11 is 0. The maximum absolute atomic E-state index is 13.4. The van der Waals surface area contributed by atoms with Gasteiger partial charge in [-0.05, 0) is 35.9 Å². The standard InChI is InChI=1S/C14H14F2N2O2S/c1-18(2)21(19,20)17-14-8-7-12(16)9-13(14)10-3-5-11(15)6-4-10/h3-9,17H,1-2H3. The van der Waals surface area contributed by atoms with Crippen molar-refractivity contribution in [3.05, 3.63) is 54.1 Å². The van der Waals surface area contributed by atoms with Crippen LogP contribution in [-0.4, -0.2) is 26.8 Å². The van der Waals surface area contributed by atoms with Crippen LogP contribution in [-0.2, 0) is 10.2 Å². The zero-order chi connectivity index (χ0) is 15.6. The van der Waals surface area contributed by atoms with Crippen LogP contribution in [0.2, 0.25) is 0 Å². The van der Waals surface area contributed by atoms with E-state index in [1.165, 1.54) is 50.5 Å². The predicted octanol–water partition coefficient (Wildman–Crippen LogP) is 2.85. The van der Waals surface area contributed by atoms with Crippen molar-refractivity contribution in [1.29, 1.82) is 0 Å². The Labute approximate surface area is 122 Å². The Hall–Kier alpha value is -1.99. The van der Waals surface area contributed by atoms with Crippen molar-refractivity contribution in [2.75, 3.05) is 18.8 Å². The summed E-state index contributed by atoms with van der Waals surface area (Å²) in [6.45, 7) is 0. The largest absolute Gasteiger partial charge is 0.301 e. The van der Waals surface area contributed by atoms with Crippen molar-refractivity contribution in [2.45, 2.75) is 0 Å². The van der Waals surface area contributed by atoms with Crippen molar-refractivity contribution in [2.24, 2.45) is 0 Å². The van der Waals surface area contributed by atoms with Gasteiger partial charge in [-0.25, -0.2) is 8.78 Å². The van der Waals surface area contributed by atoms with Crippen LogP contribution in [0.4, 0.5) is 14.5 Å². The van der Waals surface area contributed by atoms with E-state index in [0.717, 1.165) is 10.4 Å². The van der Waals surface area contributed by atoms with Crippen LogP contribution in [0.5, 0.6) is 0 Å². The van der Waals surface area contributed by atoms with Crippen LogP contribution >= 0.6 is 0 Å². The highest BCUT2D eigenvalue weighted by molar-refractivity contribution is 7.90. The van der Waals surface area contributed by atoms with Crippen LogP contribution in [0, 0.1) is 11.6 Å². The average molecular weight is 312 g/mol. The third-order valence-electron chi connectivity index (χ3n) is 2.86. The van der Waals surface area contributed by atoms with Gasteiger partial charge in [-0.15, -0.1) is 0 Å². The number of hydrogen-bond donors (Lipinski definition) is 1. The molecule has 2 aromatic carbocycles. The second-order valence-corrected chi connectivity index (χ2v) is 6.47. The normalized spacial score (nSPS) is 11.7. The fourth-order valence-electron chi connectivity index (χ4n) is 1.70. The molecule has 0 aliphatic rings. The SMILES string of the molecule is CN(C)S(=O)(=O)Nc1ccc(F)cc1-c1ccc(F)cc1. The van der Waals surface area contributed by atoms with E-state index in [1.54, 1.807) is 0 Å². The Bertz CT molecular complexity index is 744. The number of nitrogens with zero attached hydrogens (tertiary/aromatic N) is 1. The van der Waals surface area contributed by atoms with Crippen molar-refractivity contribution in [3.63, 3.8) is 0 Å². The molecule has 0 heterocycles. The maximum Gasteiger partial charge on any atom is 0.301 e. The number of rotatable bonds is 4. The number of nitrogens with one attached hydrogen (secondary N) is 1. The molecule has 0 aliphatic carbocycles. The van der Waals surface area contributed by atoms with Crippen molar-refractivity contribution < 1.29 is 17.2 Å². The van der Waals surface area contributed by atoms with Crippen LogP contribution in [0.25, 0.3) is 11.1 Å². The van der Waals surface area contributed by atoms with Crippen LogP contribution in [0.3, 0.4) is 0 Å². The second-order valence-electron chi connectivity index (χ2n) is 4.59. The highest BCUT2D eigenvalue weighted by atomic mass is 32.2. The van der Waals surface area contributed by atoms with Crippen molar-refractivity contribution in [3.8, 4) is 11.1 Å². The van der Waals surface area contributed by atoms with Gasteiger partial charge in [0.2, 0.25) is 0 Å². The number of anilines is 1. The first-order valence-electron chi connectivity index (χ1n) is 6.05. The molecular weight excluding hydrogens is 298 g/mol. The molecule has 0 saturated carbocycles. The summed E-state index contributed by atoms with van der Waals surface area (Å²) in [5.41, 5.74) is 1.06. The molecule has 0 fully saturated rings. The van der Waals surface area contributed by atoms with Gasteiger partial charge in [0.15, 0.2) is 0 Å². The summed E-state index contributed by atoms with van der Waals surface area (Å²) in [4.78, 5) is 0. The van der Waals surface area contributed by atoms with Crippen LogP contribution in [0.1, 0.15) is 0 Å². The minimum atomic E-state index is -3.72. The number of benzene rings is 2. The fourth-order valence-corrected chi connectivity index (χ4v) is 2.34. The minimum absolute atomic E-state index is 0.219. The van der Waals surface area contributed by atoms with E-state index in [1.807, 2.05) is 0 Å². The van der Waals surface area contributed by atoms with Crippen LogP contribution in [0.15, 0.2) is 42.5 Å². The zero-order valence-electron chi connectivity index (χ0n) is 11.5. The summed E-state index contributed by atoms with van der Waals surface area (Å²) in [5.74, 6) is -0.937. The van der Waals surface area contributed by atoms with E-state index in [-0.39, 0.29) is 5.69 Å². The molecule has 4 nitrogen and oxygen atoms in total. The van der Waals surface area contributed by atoms with Gasteiger partial charge < -0.3 is 0 Å². The van der Waals surface area contributed by atoms with Gasteiger partial charge in [0.05, 0.1) is 5.69 Å². The molecular formula is C14H14F2N2O2S. The monoisotopic (exact) mass is 312 g/mol. The van der Waals surface area contributed by atoms with Gasteiger partial charge in [-0.3, -0.25) is 4.72 Å². The lowest BCUT2D eigenvalue weighted by atomic mass is 10.0. The summed E-state index contributed by atoms with van der Waals surface area (Å²) < 4.78 is 53.5. The number of hydrogen-bond acceptors (Lipinski definition) is 2. The quantitative estimate of drug-likeness (QED) is 0.944. The lowest BCUT2D eigenvalue weighted by Gasteiger charge is -2.16. The molecule has 0 unspecified atom stereocenters. The summed E-state index contributed by atoms with van der Waals surface area (Å²) in [6, 6.07) is 9.04. The molecule has 0 bridgehead atoms. The lowest BCUT2D eigenvalue weighted by Crippen LogP contribution is -2.29. The Morgan fingerprint density at radius 1 is 0.952 bits per heavy atom. The predicted molar refractivity (Wildman–Crippen MR) is 78.0 cm³/mol. The fraction of sp³-hybridized carbons (Fsp3) is 0.143. The highest BCUT2D eigenvalue weighted by Gasteiger charge is 2.16. The molecule has 2 aromatic rings. The van der Waals surface area contributed by atoms with Gasteiger partial charge in [0, 0.05) is 19.7 Å². The highest BCUT2D eigenvalue weighted by Crippen LogP contribution is 2.30. The van der Waals surface area contributed by atoms with Gasteiger partial charge in [0.1, 0.15) is 11.6 Å². The molecule has 2 rings (SSSR count). The van der Waals surface area contributed by atoms with E-state index in [9.17, 15) is 17.2 Å². The zero-order valence-corrected chi connectivity index (χ0v) is 12.3. The number of halogens is 2. The molecule has 0 amide bonds. The summed E-state index contributed by atoms with van der Waals surface area (Å²) in [6.07, 6.45) is 0. The van der Waals surface area contributed by atoms with Crippen LogP contribution < -0.4 is 4.72 Å². The third-order valence-corrected chi connectivity index (χ3v) is 4.30. The summed E-state index contributed by atoms with van der Waals surface area (Å²) in [5, 5.41) is 0. The van der Waals surface area contributed by atoms with Crippen molar-refractivity contribution >= 4 is 15.9 Å². The van der Waals surface area contributed by atoms with Gasteiger partial charge in [-0.2, -0.15) is 12.7 Å². The minimum Gasteiger partial charge on any atom is -0.270 e. The van der Waals surface area contributed by atoms with E-state index in [2.05, 4.69) is 4.72 Å². The Balaban J connectivity index is 2.50.